The summed E-state index contributed by atoms with van der Waals surface area (Å²) < 4.78 is 71.1. The Morgan fingerprint density at radius 3 is 2.04 bits per heavy atom. The maximum absolute atomic E-state index is 9.48. The zero-order valence-corrected chi connectivity index (χ0v) is 42.0. The number of pyridine rings is 1. The first-order valence-corrected chi connectivity index (χ1v) is 23.1. The molecule has 4 heterocycles. The number of hydrogen-bond acceptors (Lipinski definition) is 5. The van der Waals surface area contributed by atoms with Gasteiger partial charge in [-0.3, -0.25) is 0 Å². The van der Waals surface area contributed by atoms with Crippen LogP contribution in [0.5, 0.6) is 11.5 Å². The van der Waals surface area contributed by atoms with Crippen molar-refractivity contribution in [3.63, 3.8) is 0 Å². The Morgan fingerprint density at radius 1 is 0.597 bits per heavy atom. The Morgan fingerprint density at radius 2 is 1.30 bits per heavy atom. The molecule has 3 aromatic heterocycles. The van der Waals surface area contributed by atoms with Gasteiger partial charge in [0.25, 0.3) is 0 Å². The number of para-hydroxylation sites is 2. The van der Waals surface area contributed by atoms with Gasteiger partial charge < -0.3 is 19.1 Å². The number of aromatic nitrogens is 2. The molecule has 67 heavy (non-hydrogen) atoms. The first-order chi connectivity index (χ1) is 34.5. The minimum atomic E-state index is -0.410. The van der Waals surface area contributed by atoms with Gasteiger partial charge in [-0.2, -0.15) is 12.1 Å². The van der Waals surface area contributed by atoms with Crippen molar-refractivity contribution < 1.29 is 35.4 Å². The van der Waals surface area contributed by atoms with Crippen LogP contribution in [0.1, 0.15) is 88.6 Å². The standard InChI is InChI=1S/C60H53N4OS.Pt/c1-58(2,3)40-27-28-61-57(34-40)64-51-26-22-38(39-21-24-49-48-17-10-13-20-55(48)66-56(49)30-39)29-50(51)47-25-23-46(36-54(47)64)65-45-16-14-15-43(35-45)62-37-63(53-19-12-11-18-52(53)62)44-32-41(59(4,5)6)31-42(33-44)60(7,8)9;/h10-34,37H,1-9H3;/q-3;/i10D,13D,17D,20D,21D,24D,30D;. The molecule has 5 nitrogen and oxygen atoms in total. The van der Waals surface area contributed by atoms with E-state index in [1.807, 2.05) is 60.8 Å². The van der Waals surface area contributed by atoms with Crippen molar-refractivity contribution >= 4 is 76.1 Å². The molecular formula is C60H53N4OPtS-3. The number of fused-ring (bicyclic) bond motifs is 7. The van der Waals surface area contributed by atoms with Gasteiger partial charge in [0, 0.05) is 81.5 Å². The van der Waals surface area contributed by atoms with E-state index in [2.05, 4.69) is 144 Å². The van der Waals surface area contributed by atoms with Crippen molar-refractivity contribution in [1.82, 2.24) is 9.55 Å². The van der Waals surface area contributed by atoms with Crippen LogP contribution in [-0.4, -0.2) is 9.55 Å². The fourth-order valence-electron chi connectivity index (χ4n) is 8.71. The van der Waals surface area contributed by atoms with Gasteiger partial charge in [0.2, 0.25) is 0 Å². The Kier molecular flexibility index (Phi) is 9.10. The zero-order chi connectivity index (χ0) is 51.8. The third kappa shape index (κ3) is 8.13. The van der Waals surface area contributed by atoms with Gasteiger partial charge in [0.15, 0.2) is 0 Å². The molecule has 0 unspecified atom stereocenters. The van der Waals surface area contributed by atoms with Crippen molar-refractivity contribution in [2.45, 2.75) is 78.6 Å². The van der Waals surface area contributed by atoms with Gasteiger partial charge in [0.05, 0.1) is 9.60 Å². The molecule has 338 valence electrons. The fraction of sp³-hybridized carbons (Fsp3) is 0.200. The van der Waals surface area contributed by atoms with E-state index in [0.717, 1.165) is 55.9 Å². The normalized spacial score (nSPS) is 14.7. The summed E-state index contributed by atoms with van der Waals surface area (Å²) in [5.41, 5.74) is 9.63. The molecule has 0 radical (unpaired) electrons. The number of rotatable bonds is 6. The number of nitrogens with zero attached hydrogens (tertiary/aromatic N) is 4. The van der Waals surface area contributed by atoms with E-state index in [0.29, 0.717) is 33.1 Å². The van der Waals surface area contributed by atoms with Crippen LogP contribution >= 0.6 is 11.3 Å². The van der Waals surface area contributed by atoms with E-state index < -0.39 is 6.04 Å². The minimum Gasteiger partial charge on any atom is -0.509 e. The Balaban J connectivity index is 0.00000626. The number of benzene rings is 7. The molecule has 7 aromatic carbocycles. The van der Waals surface area contributed by atoms with Gasteiger partial charge >= 0.3 is 0 Å². The van der Waals surface area contributed by atoms with Crippen molar-refractivity contribution in [3.05, 3.63) is 187 Å². The third-order valence-corrected chi connectivity index (χ3v) is 13.5. The van der Waals surface area contributed by atoms with Crippen LogP contribution in [0, 0.1) is 18.8 Å². The molecule has 0 saturated heterocycles. The fourth-order valence-corrected chi connectivity index (χ4v) is 9.68. The zero-order valence-electron chi connectivity index (χ0n) is 45.9. The predicted molar refractivity (Wildman–Crippen MR) is 279 cm³/mol. The molecular weight excluding hydrogens is 1020 g/mol. The molecule has 0 atom stereocenters. The molecule has 1 aliphatic rings. The Hall–Kier alpha value is -6.20. The quantitative estimate of drug-likeness (QED) is 0.155. The smallest absolute Gasteiger partial charge is 0.135 e. The summed E-state index contributed by atoms with van der Waals surface area (Å²) in [6.45, 7) is 22.1. The molecule has 0 spiro atoms. The number of anilines is 4. The van der Waals surface area contributed by atoms with Crippen LogP contribution < -0.4 is 14.5 Å². The van der Waals surface area contributed by atoms with Gasteiger partial charge in [-0.05, 0) is 104 Å². The summed E-state index contributed by atoms with van der Waals surface area (Å²) >= 11 is 1.06. The first-order valence-electron chi connectivity index (χ1n) is 25.8. The SMILES string of the molecule is [2H]c1c([2H])c([2H])c2c(sc3c([2H])c(-c4ccc5c(c4)c4ccc(Oc6[c-]c(N7[CH-]N(c8cc(C(C)(C)C)cc(C(C)(C)C)c8)c8ccccc87)ccc6)[c-]c4n5-c4cc(C(C)(C)C)ccn4)c([2H])c([2H])c32)c1[2H].[Pt]. The van der Waals surface area contributed by atoms with Crippen LogP contribution in [0.25, 0.3) is 58.9 Å². The molecule has 7 heteroatoms. The van der Waals surface area contributed by atoms with Gasteiger partial charge in [0.1, 0.15) is 5.82 Å². The van der Waals surface area contributed by atoms with Crippen LogP contribution in [0.3, 0.4) is 0 Å². The van der Waals surface area contributed by atoms with Crippen molar-refractivity contribution in [3.8, 4) is 28.4 Å². The summed E-state index contributed by atoms with van der Waals surface area (Å²) in [6, 6.07) is 40.4. The van der Waals surface area contributed by atoms with E-state index in [1.54, 1.807) is 0 Å². The predicted octanol–water partition coefficient (Wildman–Crippen LogP) is 16.9. The molecule has 11 rings (SSSR count). The molecule has 0 amide bonds. The van der Waals surface area contributed by atoms with Gasteiger partial charge in [-0.15, -0.1) is 59.4 Å². The summed E-state index contributed by atoms with van der Waals surface area (Å²) in [5.74, 6) is 1.64. The second-order valence-electron chi connectivity index (χ2n) is 20.2. The second kappa shape index (κ2) is 16.5. The third-order valence-electron chi connectivity index (χ3n) is 12.5. The van der Waals surface area contributed by atoms with E-state index in [1.165, 1.54) is 11.1 Å². The Labute approximate surface area is 422 Å². The summed E-state index contributed by atoms with van der Waals surface area (Å²) in [7, 11) is 0. The number of ether oxygens (including phenoxy) is 1. The summed E-state index contributed by atoms with van der Waals surface area (Å²) in [4.78, 5) is 9.29. The molecule has 0 N–H and O–H groups in total. The molecule has 10 aromatic rings. The molecule has 0 aliphatic carbocycles. The molecule has 0 fully saturated rings. The maximum Gasteiger partial charge on any atom is 0.135 e. The average Bonchev–Trinajstić information content (AvgIpc) is 4.05. The largest absolute Gasteiger partial charge is 0.509 e. The topological polar surface area (TPSA) is 33.5 Å². The van der Waals surface area contributed by atoms with Crippen LogP contribution in [0.2, 0.25) is 0 Å². The first kappa shape index (κ1) is 36.9. The van der Waals surface area contributed by atoms with Gasteiger partial charge in [-0.1, -0.05) is 128 Å². The van der Waals surface area contributed by atoms with E-state index in [4.69, 9.17) is 15.2 Å². The monoisotopic (exact) mass is 1080 g/mol. The van der Waals surface area contributed by atoms with E-state index in [9.17, 15) is 4.11 Å². The molecule has 1 aliphatic heterocycles. The molecule has 0 bridgehead atoms. The van der Waals surface area contributed by atoms with Gasteiger partial charge in [-0.25, -0.2) is 4.98 Å². The number of thiophene rings is 1. The average molecular weight is 1080 g/mol. The maximum atomic E-state index is 9.48. The van der Waals surface area contributed by atoms with E-state index in [-0.39, 0.29) is 94.6 Å². The van der Waals surface area contributed by atoms with Crippen molar-refractivity contribution in [2.24, 2.45) is 0 Å². The van der Waals surface area contributed by atoms with Crippen LogP contribution in [0.4, 0.5) is 22.7 Å². The Bertz CT molecular complexity index is 3910. The van der Waals surface area contributed by atoms with Crippen LogP contribution in [-0.2, 0) is 37.3 Å². The minimum absolute atomic E-state index is 0. The summed E-state index contributed by atoms with van der Waals surface area (Å²) in [5, 5.41) is 2.00. The molecule has 0 saturated carbocycles. The second-order valence-corrected chi connectivity index (χ2v) is 21.2. The van der Waals surface area contributed by atoms with Crippen LogP contribution in [0.15, 0.2) is 152 Å². The van der Waals surface area contributed by atoms with Crippen molar-refractivity contribution in [1.29, 1.82) is 0 Å². The summed E-state index contributed by atoms with van der Waals surface area (Å²) in [6.07, 6.45) is 1.81. The van der Waals surface area contributed by atoms with Crippen molar-refractivity contribution in [2.75, 3.05) is 9.80 Å². The van der Waals surface area contributed by atoms with E-state index >= 15 is 0 Å². The number of hydrogen-bond donors (Lipinski definition) is 0.